The second-order valence-corrected chi connectivity index (χ2v) is 7.47. The monoisotopic (exact) mass is 404 g/mol. The number of para-hydroxylation sites is 1. The fourth-order valence-corrected chi connectivity index (χ4v) is 4.11. The van der Waals surface area contributed by atoms with E-state index in [4.69, 9.17) is 14.5 Å². The molecule has 0 radical (unpaired) electrons. The topological polar surface area (TPSA) is 70.7 Å². The van der Waals surface area contributed by atoms with Gasteiger partial charge in [0.15, 0.2) is 5.13 Å². The second kappa shape index (κ2) is 8.76. The molecule has 0 aliphatic carbocycles. The van der Waals surface area contributed by atoms with Gasteiger partial charge in [-0.2, -0.15) is 5.26 Å². The van der Waals surface area contributed by atoms with Crippen LogP contribution in [0.5, 0.6) is 5.75 Å². The highest BCUT2D eigenvalue weighted by Crippen LogP contribution is 2.32. The van der Waals surface area contributed by atoms with Crippen molar-refractivity contribution in [3.63, 3.8) is 0 Å². The van der Waals surface area contributed by atoms with Gasteiger partial charge in [-0.3, -0.25) is 4.90 Å². The normalized spacial score (nSPS) is 15.8. The summed E-state index contributed by atoms with van der Waals surface area (Å²) >= 11 is 1.57. The van der Waals surface area contributed by atoms with Gasteiger partial charge in [0.1, 0.15) is 5.75 Å². The first kappa shape index (κ1) is 19.0. The van der Waals surface area contributed by atoms with E-state index in [1.54, 1.807) is 24.6 Å². The summed E-state index contributed by atoms with van der Waals surface area (Å²) in [6.45, 7) is 0.472. The Morgan fingerprint density at radius 1 is 1.17 bits per heavy atom. The molecule has 1 atom stereocenters. The molecule has 0 fully saturated rings. The number of anilines is 1. The van der Waals surface area contributed by atoms with Gasteiger partial charge < -0.3 is 9.47 Å². The van der Waals surface area contributed by atoms with Crippen molar-refractivity contribution < 1.29 is 9.47 Å². The number of nitrogens with zero attached hydrogens (tertiary/aromatic N) is 4. The molecule has 0 saturated heterocycles. The average molecular weight is 404 g/mol. The smallest absolute Gasteiger partial charge is 0.299 e. The number of hydrogen-bond acceptors (Lipinski definition) is 7. The lowest BCUT2D eigenvalue weighted by molar-refractivity contribution is 0.297. The minimum atomic E-state index is -0.158. The van der Waals surface area contributed by atoms with Crippen LogP contribution < -0.4 is 9.64 Å². The van der Waals surface area contributed by atoms with E-state index in [1.165, 1.54) is 0 Å². The lowest BCUT2D eigenvalue weighted by atomic mass is 10.1. The number of aliphatic imine (C=N–C) groups is 1. The molecule has 1 aromatic heterocycles. The van der Waals surface area contributed by atoms with Gasteiger partial charge in [-0.15, -0.1) is 0 Å². The zero-order chi connectivity index (χ0) is 20.1. The minimum Gasteiger partial charge on any atom is -0.497 e. The molecule has 0 spiro atoms. The molecule has 2 heterocycles. The largest absolute Gasteiger partial charge is 0.497 e. The predicted octanol–water partition coefficient (Wildman–Crippen LogP) is 4.54. The number of nitriles is 1. The van der Waals surface area contributed by atoms with Crippen molar-refractivity contribution >= 4 is 32.7 Å². The third-order valence-corrected chi connectivity index (χ3v) is 5.64. The summed E-state index contributed by atoms with van der Waals surface area (Å²) in [5.74, 6) is 0.831. The van der Waals surface area contributed by atoms with Crippen LogP contribution in [0.15, 0.2) is 65.8 Å². The maximum Gasteiger partial charge on any atom is 0.299 e. The summed E-state index contributed by atoms with van der Waals surface area (Å²) in [4.78, 5) is 11.1. The van der Waals surface area contributed by atoms with E-state index in [9.17, 15) is 5.26 Å². The van der Waals surface area contributed by atoms with Gasteiger partial charge >= 0.3 is 0 Å². The van der Waals surface area contributed by atoms with Crippen molar-refractivity contribution in [3.8, 4) is 11.8 Å². The fraction of sp³-hybridized carbons (Fsp3) is 0.227. The third-order valence-electron chi connectivity index (χ3n) is 4.60. The van der Waals surface area contributed by atoms with Crippen molar-refractivity contribution in [1.29, 1.82) is 5.26 Å². The van der Waals surface area contributed by atoms with Gasteiger partial charge in [0.2, 0.25) is 0 Å². The van der Waals surface area contributed by atoms with Crippen LogP contribution in [0.2, 0.25) is 0 Å². The number of benzene rings is 2. The molecule has 3 aromatic rings. The first-order valence-corrected chi connectivity index (χ1v) is 10.1. The molecule has 7 heteroatoms. The summed E-state index contributed by atoms with van der Waals surface area (Å²) in [5, 5.41) is 10.0. The van der Waals surface area contributed by atoms with Gasteiger partial charge in [-0.25, -0.2) is 9.98 Å². The van der Waals surface area contributed by atoms with Crippen molar-refractivity contribution in [2.45, 2.75) is 18.9 Å². The van der Waals surface area contributed by atoms with Crippen LogP contribution >= 0.6 is 11.3 Å². The molecule has 1 unspecified atom stereocenters. The molecule has 0 amide bonds. The molecular weight excluding hydrogens is 384 g/mol. The van der Waals surface area contributed by atoms with E-state index in [2.05, 4.69) is 11.1 Å². The Morgan fingerprint density at radius 3 is 2.76 bits per heavy atom. The number of fused-ring (bicyclic) bond motifs is 1. The quantitative estimate of drug-likeness (QED) is 0.603. The number of hydrogen-bond donors (Lipinski definition) is 0. The van der Waals surface area contributed by atoms with Crippen molar-refractivity contribution in [3.05, 3.63) is 66.4 Å². The Balaban J connectivity index is 1.52. The number of methoxy groups -OCH3 is 1. The molecule has 1 aliphatic heterocycles. The summed E-state index contributed by atoms with van der Waals surface area (Å²) < 4.78 is 12.3. The van der Waals surface area contributed by atoms with Gasteiger partial charge in [0, 0.05) is 12.6 Å². The molecule has 2 aromatic carbocycles. The highest BCUT2D eigenvalue weighted by atomic mass is 32.1. The molecule has 146 valence electrons. The molecular formula is C22H20N4O2S. The summed E-state index contributed by atoms with van der Waals surface area (Å²) in [7, 11) is 1.65. The Morgan fingerprint density at radius 2 is 2.00 bits per heavy atom. The lowest BCUT2D eigenvalue weighted by Crippen LogP contribution is -2.42. The van der Waals surface area contributed by atoms with Crippen LogP contribution in [-0.2, 0) is 11.2 Å². The predicted molar refractivity (Wildman–Crippen MR) is 115 cm³/mol. The lowest BCUT2D eigenvalue weighted by Gasteiger charge is -2.30. The van der Waals surface area contributed by atoms with E-state index in [0.717, 1.165) is 33.1 Å². The van der Waals surface area contributed by atoms with Gasteiger partial charge in [-0.1, -0.05) is 35.6 Å². The van der Waals surface area contributed by atoms with Crippen LogP contribution in [0.3, 0.4) is 0 Å². The Hall–Kier alpha value is -3.37. The van der Waals surface area contributed by atoms with Gasteiger partial charge in [-0.05, 0) is 35.9 Å². The SMILES string of the molecule is COc1ccc(CCOC2=NC=CC(CC#N)N2c2nc3ccccc3s2)cc1. The van der Waals surface area contributed by atoms with E-state index in [1.807, 2.05) is 59.5 Å². The number of rotatable bonds is 6. The standard InChI is InChI=1S/C22H20N4O2S/c1-27-18-8-6-16(7-9-18)12-15-28-21-24-14-11-17(10-13-23)26(21)22-25-19-4-2-3-5-20(19)29-22/h2-9,11,14,17H,10,12,15H2,1H3. The highest BCUT2D eigenvalue weighted by Gasteiger charge is 2.28. The molecule has 4 rings (SSSR count). The highest BCUT2D eigenvalue weighted by molar-refractivity contribution is 7.22. The van der Waals surface area contributed by atoms with Crippen molar-refractivity contribution in [2.24, 2.45) is 4.99 Å². The summed E-state index contributed by atoms with van der Waals surface area (Å²) in [5.41, 5.74) is 2.08. The molecule has 0 bridgehead atoms. The number of thiazole rings is 1. The number of ether oxygens (including phenoxy) is 2. The van der Waals surface area contributed by atoms with Gasteiger partial charge in [0.25, 0.3) is 6.02 Å². The van der Waals surface area contributed by atoms with Crippen molar-refractivity contribution in [2.75, 3.05) is 18.6 Å². The summed E-state index contributed by atoms with van der Waals surface area (Å²) in [6, 6.07) is 18.5. The average Bonchev–Trinajstić information content (AvgIpc) is 3.18. The van der Waals surface area contributed by atoms with Crippen LogP contribution in [0.4, 0.5) is 5.13 Å². The Bertz CT molecular complexity index is 1050. The van der Waals surface area contributed by atoms with E-state index in [-0.39, 0.29) is 6.04 Å². The third kappa shape index (κ3) is 4.23. The zero-order valence-corrected chi connectivity index (χ0v) is 16.8. The van der Waals surface area contributed by atoms with Crippen LogP contribution in [0.1, 0.15) is 12.0 Å². The maximum absolute atomic E-state index is 9.26. The first-order valence-electron chi connectivity index (χ1n) is 9.30. The van der Waals surface area contributed by atoms with E-state index in [0.29, 0.717) is 19.0 Å². The zero-order valence-electron chi connectivity index (χ0n) is 16.0. The maximum atomic E-state index is 9.26. The van der Waals surface area contributed by atoms with Gasteiger partial charge in [0.05, 0.1) is 42.5 Å². The Kier molecular flexibility index (Phi) is 5.73. The molecule has 0 N–H and O–H groups in total. The molecule has 29 heavy (non-hydrogen) atoms. The number of amidine groups is 1. The second-order valence-electron chi connectivity index (χ2n) is 6.46. The fourth-order valence-electron chi connectivity index (χ4n) is 3.10. The molecule has 1 aliphatic rings. The van der Waals surface area contributed by atoms with E-state index >= 15 is 0 Å². The van der Waals surface area contributed by atoms with Crippen LogP contribution in [-0.4, -0.2) is 30.8 Å². The Labute approximate surface area is 173 Å². The molecule has 0 saturated carbocycles. The van der Waals surface area contributed by atoms with Crippen LogP contribution in [0, 0.1) is 11.3 Å². The number of aromatic nitrogens is 1. The summed E-state index contributed by atoms with van der Waals surface area (Å²) in [6.07, 6.45) is 4.68. The van der Waals surface area contributed by atoms with Crippen molar-refractivity contribution in [1.82, 2.24) is 4.98 Å². The minimum absolute atomic E-state index is 0.158. The van der Waals surface area contributed by atoms with Crippen LogP contribution in [0.25, 0.3) is 10.2 Å². The first-order chi connectivity index (χ1) is 14.3. The molecule has 6 nitrogen and oxygen atoms in total. The van der Waals surface area contributed by atoms with E-state index < -0.39 is 0 Å².